The first-order valence-electron chi connectivity index (χ1n) is 6.96. The van der Waals surface area contributed by atoms with Crippen molar-refractivity contribution in [2.45, 2.75) is 19.6 Å². The summed E-state index contributed by atoms with van der Waals surface area (Å²) in [4.78, 5) is 18.3. The van der Waals surface area contributed by atoms with Crippen molar-refractivity contribution in [2.75, 3.05) is 13.2 Å². The number of nitrogens with zero attached hydrogens (tertiary/aromatic N) is 3. The van der Waals surface area contributed by atoms with Crippen molar-refractivity contribution >= 4 is 5.91 Å². The SMILES string of the molecule is NCc1ccccc1OCC(=O)N1CCn2ccnc2C1. The van der Waals surface area contributed by atoms with E-state index in [9.17, 15) is 4.79 Å². The highest BCUT2D eigenvalue weighted by Gasteiger charge is 2.21. The number of hydrogen-bond donors (Lipinski definition) is 1. The van der Waals surface area contributed by atoms with Gasteiger partial charge in [-0.3, -0.25) is 4.79 Å². The molecule has 0 saturated carbocycles. The number of carbonyl (C=O) groups is 1. The fourth-order valence-corrected chi connectivity index (χ4v) is 2.43. The number of para-hydroxylation sites is 1. The molecule has 3 rings (SSSR count). The summed E-state index contributed by atoms with van der Waals surface area (Å²) in [5.74, 6) is 1.56. The smallest absolute Gasteiger partial charge is 0.260 e. The van der Waals surface area contributed by atoms with Crippen LogP contribution in [0.15, 0.2) is 36.7 Å². The Kier molecular flexibility index (Phi) is 3.87. The number of fused-ring (bicyclic) bond motifs is 1. The van der Waals surface area contributed by atoms with E-state index in [2.05, 4.69) is 9.55 Å². The van der Waals surface area contributed by atoms with Gasteiger partial charge in [-0.15, -0.1) is 0 Å². The van der Waals surface area contributed by atoms with Crippen molar-refractivity contribution in [1.29, 1.82) is 0 Å². The fraction of sp³-hybridized carbons (Fsp3) is 0.333. The molecular weight excluding hydrogens is 268 g/mol. The molecule has 0 radical (unpaired) electrons. The highest BCUT2D eigenvalue weighted by Crippen LogP contribution is 2.17. The lowest BCUT2D eigenvalue weighted by atomic mass is 10.2. The summed E-state index contributed by atoms with van der Waals surface area (Å²) in [5, 5.41) is 0. The van der Waals surface area contributed by atoms with Crippen LogP contribution in [0.25, 0.3) is 0 Å². The van der Waals surface area contributed by atoms with Crippen molar-refractivity contribution in [3.63, 3.8) is 0 Å². The Labute approximate surface area is 123 Å². The highest BCUT2D eigenvalue weighted by atomic mass is 16.5. The standard InChI is InChI=1S/C15H18N4O2/c16-9-12-3-1-2-4-13(12)21-11-15(20)19-8-7-18-6-5-17-14(18)10-19/h1-6H,7-11,16H2. The third-order valence-corrected chi connectivity index (χ3v) is 3.64. The Morgan fingerprint density at radius 2 is 2.19 bits per heavy atom. The van der Waals surface area contributed by atoms with Crippen LogP contribution in [0.5, 0.6) is 5.75 Å². The molecule has 1 aliphatic rings. The average Bonchev–Trinajstić information content (AvgIpc) is 3.00. The fourth-order valence-electron chi connectivity index (χ4n) is 2.43. The third kappa shape index (κ3) is 2.90. The molecule has 0 aliphatic carbocycles. The molecule has 0 spiro atoms. The Hall–Kier alpha value is -2.34. The van der Waals surface area contributed by atoms with Gasteiger partial charge in [-0.1, -0.05) is 18.2 Å². The zero-order chi connectivity index (χ0) is 14.7. The zero-order valence-electron chi connectivity index (χ0n) is 11.7. The van der Waals surface area contributed by atoms with Crippen LogP contribution >= 0.6 is 0 Å². The van der Waals surface area contributed by atoms with Crippen molar-refractivity contribution < 1.29 is 9.53 Å². The Morgan fingerprint density at radius 3 is 3.05 bits per heavy atom. The molecule has 0 atom stereocenters. The van der Waals surface area contributed by atoms with Crippen LogP contribution in [-0.4, -0.2) is 33.5 Å². The van der Waals surface area contributed by atoms with Crippen molar-refractivity contribution in [3.05, 3.63) is 48.0 Å². The summed E-state index contributed by atoms with van der Waals surface area (Å²) in [7, 11) is 0. The molecule has 110 valence electrons. The van der Waals surface area contributed by atoms with Crippen LogP contribution in [0.4, 0.5) is 0 Å². The molecule has 2 N–H and O–H groups in total. The lowest BCUT2D eigenvalue weighted by Gasteiger charge is -2.27. The van der Waals surface area contributed by atoms with E-state index in [-0.39, 0.29) is 12.5 Å². The van der Waals surface area contributed by atoms with Crippen LogP contribution < -0.4 is 10.5 Å². The summed E-state index contributed by atoms with van der Waals surface area (Å²) >= 11 is 0. The maximum atomic E-state index is 12.2. The van der Waals surface area contributed by atoms with E-state index < -0.39 is 0 Å². The molecule has 2 heterocycles. The van der Waals surface area contributed by atoms with Crippen LogP contribution in [0.1, 0.15) is 11.4 Å². The van der Waals surface area contributed by atoms with Crippen molar-refractivity contribution in [3.8, 4) is 5.75 Å². The van der Waals surface area contributed by atoms with Gasteiger partial charge in [0.25, 0.3) is 5.91 Å². The van der Waals surface area contributed by atoms with Crippen LogP contribution in [0.3, 0.4) is 0 Å². The summed E-state index contributed by atoms with van der Waals surface area (Å²) in [5.41, 5.74) is 6.56. The van der Waals surface area contributed by atoms with E-state index in [0.29, 0.717) is 25.4 Å². The number of carbonyl (C=O) groups excluding carboxylic acids is 1. The number of aromatic nitrogens is 2. The van der Waals surface area contributed by atoms with E-state index >= 15 is 0 Å². The molecule has 1 amide bonds. The van der Waals surface area contributed by atoms with E-state index in [1.807, 2.05) is 30.5 Å². The molecule has 1 aliphatic heterocycles. The predicted molar refractivity (Wildman–Crippen MR) is 77.5 cm³/mol. The van der Waals surface area contributed by atoms with E-state index in [1.54, 1.807) is 11.1 Å². The number of nitrogens with two attached hydrogens (primary N) is 1. The predicted octanol–water partition coefficient (Wildman–Crippen LogP) is 0.763. The molecule has 0 saturated heterocycles. The number of benzene rings is 1. The molecule has 1 aromatic carbocycles. The second kappa shape index (κ2) is 5.97. The number of ether oxygens (including phenoxy) is 1. The minimum absolute atomic E-state index is 0.0255. The van der Waals surface area contributed by atoms with E-state index in [4.69, 9.17) is 10.5 Å². The van der Waals surface area contributed by atoms with Crippen LogP contribution in [0, 0.1) is 0 Å². The van der Waals surface area contributed by atoms with Crippen molar-refractivity contribution in [2.24, 2.45) is 5.73 Å². The third-order valence-electron chi connectivity index (χ3n) is 3.64. The monoisotopic (exact) mass is 286 g/mol. The van der Waals surface area contributed by atoms with Gasteiger partial charge in [0, 0.05) is 37.6 Å². The summed E-state index contributed by atoms with van der Waals surface area (Å²) < 4.78 is 7.68. The van der Waals surface area contributed by atoms with Gasteiger partial charge >= 0.3 is 0 Å². The summed E-state index contributed by atoms with van der Waals surface area (Å²) in [6.07, 6.45) is 3.70. The number of amides is 1. The lowest BCUT2D eigenvalue weighted by molar-refractivity contribution is -0.134. The molecule has 0 unspecified atom stereocenters. The second-order valence-corrected chi connectivity index (χ2v) is 4.95. The molecule has 6 nitrogen and oxygen atoms in total. The molecule has 0 bridgehead atoms. The minimum Gasteiger partial charge on any atom is -0.483 e. The largest absolute Gasteiger partial charge is 0.483 e. The van der Waals surface area contributed by atoms with Gasteiger partial charge in [0.1, 0.15) is 11.6 Å². The first-order chi connectivity index (χ1) is 10.3. The zero-order valence-corrected chi connectivity index (χ0v) is 11.7. The van der Waals surface area contributed by atoms with Gasteiger partial charge < -0.3 is 19.9 Å². The number of imidazole rings is 1. The first-order valence-corrected chi connectivity index (χ1v) is 6.96. The minimum atomic E-state index is -0.0314. The van der Waals surface area contributed by atoms with Gasteiger partial charge in [0.15, 0.2) is 6.61 Å². The Bertz CT molecular complexity index is 638. The van der Waals surface area contributed by atoms with Gasteiger partial charge in [0.05, 0.1) is 6.54 Å². The average molecular weight is 286 g/mol. The molecule has 0 fully saturated rings. The van der Waals surface area contributed by atoms with Gasteiger partial charge in [-0.25, -0.2) is 4.98 Å². The normalized spacial score (nSPS) is 13.9. The molecule has 1 aromatic heterocycles. The van der Waals surface area contributed by atoms with E-state index in [0.717, 1.165) is 17.9 Å². The van der Waals surface area contributed by atoms with Crippen LogP contribution in [-0.2, 0) is 24.4 Å². The molecular formula is C15H18N4O2. The topological polar surface area (TPSA) is 73.4 Å². The number of rotatable bonds is 4. The quantitative estimate of drug-likeness (QED) is 0.900. The molecule has 6 heteroatoms. The lowest BCUT2D eigenvalue weighted by Crippen LogP contribution is -2.40. The van der Waals surface area contributed by atoms with Gasteiger partial charge in [0.2, 0.25) is 0 Å². The molecule has 2 aromatic rings. The maximum Gasteiger partial charge on any atom is 0.260 e. The number of hydrogen-bond acceptors (Lipinski definition) is 4. The van der Waals surface area contributed by atoms with E-state index in [1.165, 1.54) is 0 Å². The summed E-state index contributed by atoms with van der Waals surface area (Å²) in [6.45, 7) is 2.42. The second-order valence-electron chi connectivity index (χ2n) is 4.95. The maximum absolute atomic E-state index is 12.2. The highest BCUT2D eigenvalue weighted by molar-refractivity contribution is 5.77. The van der Waals surface area contributed by atoms with Crippen LogP contribution in [0.2, 0.25) is 0 Å². The van der Waals surface area contributed by atoms with Gasteiger partial charge in [-0.05, 0) is 6.07 Å². The Morgan fingerprint density at radius 1 is 1.33 bits per heavy atom. The van der Waals surface area contributed by atoms with Crippen molar-refractivity contribution in [1.82, 2.24) is 14.5 Å². The summed E-state index contributed by atoms with van der Waals surface area (Å²) in [6, 6.07) is 7.51. The first kappa shape index (κ1) is 13.6. The van der Waals surface area contributed by atoms with Gasteiger partial charge in [-0.2, -0.15) is 0 Å². The Balaban J connectivity index is 1.60. The molecule has 21 heavy (non-hydrogen) atoms.